The van der Waals surface area contributed by atoms with E-state index in [1.165, 1.54) is 0 Å². The molecule has 2 rings (SSSR count). The van der Waals surface area contributed by atoms with Gasteiger partial charge in [0.05, 0.1) is 6.54 Å². The molecule has 3 N–H and O–H groups in total. The fourth-order valence-corrected chi connectivity index (χ4v) is 2.00. The number of nitrogens with two attached hydrogens (primary N) is 1. The molecule has 1 aliphatic heterocycles. The molecule has 96 valence electrons. The Morgan fingerprint density at radius 2 is 1.94 bits per heavy atom. The zero-order valence-electron chi connectivity index (χ0n) is 10.5. The second kappa shape index (κ2) is 4.78. The molecule has 0 bridgehead atoms. The fourth-order valence-electron chi connectivity index (χ4n) is 2.00. The maximum atomic E-state index is 11.6. The third-order valence-corrected chi connectivity index (χ3v) is 3.17. The number of nitrogens with one attached hydrogen (secondary N) is 1. The number of nitrogens with zero attached hydrogens (tertiary/aromatic N) is 1. The van der Waals surface area contributed by atoms with Crippen LogP contribution >= 0.6 is 0 Å². The predicted molar refractivity (Wildman–Crippen MR) is 69.0 cm³/mol. The molecule has 18 heavy (non-hydrogen) atoms. The average molecular weight is 247 g/mol. The summed E-state index contributed by atoms with van der Waals surface area (Å²) in [5.74, 6) is -0.531. The quantitative estimate of drug-likeness (QED) is 0.749. The molecule has 0 aromatic heterocycles. The third kappa shape index (κ3) is 2.36. The molecule has 1 fully saturated rings. The van der Waals surface area contributed by atoms with Gasteiger partial charge in [0.1, 0.15) is 6.04 Å². The van der Waals surface area contributed by atoms with Crippen molar-refractivity contribution >= 4 is 17.5 Å². The molecule has 1 aromatic carbocycles. The van der Waals surface area contributed by atoms with Crippen LogP contribution in [0.4, 0.5) is 5.69 Å². The van der Waals surface area contributed by atoms with Crippen molar-refractivity contribution < 1.29 is 9.59 Å². The van der Waals surface area contributed by atoms with E-state index in [2.05, 4.69) is 5.32 Å². The number of rotatable bonds is 2. The summed E-state index contributed by atoms with van der Waals surface area (Å²) in [4.78, 5) is 24.7. The van der Waals surface area contributed by atoms with Gasteiger partial charge in [-0.1, -0.05) is 12.1 Å². The van der Waals surface area contributed by atoms with Gasteiger partial charge < -0.3 is 10.6 Å². The molecule has 1 saturated heterocycles. The first-order valence-electron chi connectivity index (χ1n) is 5.95. The van der Waals surface area contributed by atoms with Gasteiger partial charge in [-0.2, -0.15) is 0 Å². The van der Waals surface area contributed by atoms with E-state index in [4.69, 9.17) is 5.73 Å². The van der Waals surface area contributed by atoms with Crippen molar-refractivity contribution in [3.05, 3.63) is 29.8 Å². The minimum absolute atomic E-state index is 0.0252. The van der Waals surface area contributed by atoms with Gasteiger partial charge in [0.25, 0.3) is 0 Å². The summed E-state index contributed by atoms with van der Waals surface area (Å²) < 4.78 is 0. The maximum Gasteiger partial charge on any atom is 0.249 e. The van der Waals surface area contributed by atoms with Crippen LogP contribution in [0.25, 0.3) is 0 Å². The molecule has 0 saturated carbocycles. The SMILES string of the molecule is CC(N)c1ccc(N2CC(=O)NC(=O)C2C)cc1. The minimum Gasteiger partial charge on any atom is -0.350 e. The zero-order valence-corrected chi connectivity index (χ0v) is 10.5. The van der Waals surface area contributed by atoms with Crippen molar-refractivity contribution in [2.75, 3.05) is 11.4 Å². The number of hydrogen-bond acceptors (Lipinski definition) is 4. The van der Waals surface area contributed by atoms with Gasteiger partial charge in [-0.05, 0) is 31.5 Å². The van der Waals surface area contributed by atoms with Crippen LogP contribution < -0.4 is 16.0 Å². The number of piperazine rings is 1. The van der Waals surface area contributed by atoms with Crippen LogP contribution in [-0.4, -0.2) is 24.4 Å². The first-order valence-corrected chi connectivity index (χ1v) is 5.95. The summed E-state index contributed by atoms with van der Waals surface area (Å²) in [5.41, 5.74) is 7.67. The van der Waals surface area contributed by atoms with E-state index in [1.807, 2.05) is 31.2 Å². The summed E-state index contributed by atoms with van der Waals surface area (Å²) in [6.07, 6.45) is 0. The summed E-state index contributed by atoms with van der Waals surface area (Å²) in [6.45, 7) is 3.89. The van der Waals surface area contributed by atoms with Crippen LogP contribution in [-0.2, 0) is 9.59 Å². The number of imide groups is 1. The van der Waals surface area contributed by atoms with Crippen molar-refractivity contribution in [1.29, 1.82) is 0 Å². The monoisotopic (exact) mass is 247 g/mol. The third-order valence-electron chi connectivity index (χ3n) is 3.17. The highest BCUT2D eigenvalue weighted by Crippen LogP contribution is 2.21. The Bertz CT molecular complexity index is 468. The number of benzene rings is 1. The standard InChI is InChI=1S/C13H17N3O2/c1-8(14)10-3-5-11(6-4-10)16-7-12(17)15-13(18)9(16)2/h3-6,8-9H,7,14H2,1-2H3,(H,15,17,18). The predicted octanol–water partition coefficient (Wildman–Crippen LogP) is 0.558. The number of hydrogen-bond donors (Lipinski definition) is 2. The van der Waals surface area contributed by atoms with Crippen LogP contribution in [0.2, 0.25) is 0 Å². The summed E-state index contributed by atoms with van der Waals surface area (Å²) in [6, 6.07) is 7.25. The number of anilines is 1. The van der Waals surface area contributed by atoms with Gasteiger partial charge in [0.15, 0.2) is 0 Å². The van der Waals surface area contributed by atoms with Crippen molar-refractivity contribution in [3.63, 3.8) is 0 Å². The van der Waals surface area contributed by atoms with E-state index >= 15 is 0 Å². The van der Waals surface area contributed by atoms with Crippen molar-refractivity contribution in [2.45, 2.75) is 25.9 Å². The Morgan fingerprint density at radius 1 is 1.33 bits per heavy atom. The molecule has 5 heteroatoms. The van der Waals surface area contributed by atoms with Crippen LogP contribution in [0.1, 0.15) is 25.5 Å². The molecule has 2 unspecified atom stereocenters. The van der Waals surface area contributed by atoms with E-state index in [0.29, 0.717) is 0 Å². The molecule has 1 aliphatic rings. The summed E-state index contributed by atoms with van der Waals surface area (Å²) in [7, 11) is 0. The molecular formula is C13H17N3O2. The highest BCUT2D eigenvalue weighted by molar-refractivity contribution is 6.04. The Kier molecular flexibility index (Phi) is 3.34. The van der Waals surface area contributed by atoms with E-state index < -0.39 is 0 Å². The highest BCUT2D eigenvalue weighted by Gasteiger charge is 2.30. The first-order chi connectivity index (χ1) is 8.49. The smallest absolute Gasteiger partial charge is 0.249 e. The second-order valence-corrected chi connectivity index (χ2v) is 4.60. The van der Waals surface area contributed by atoms with Crippen LogP contribution in [0.15, 0.2) is 24.3 Å². The Hall–Kier alpha value is -1.88. The Morgan fingerprint density at radius 3 is 2.50 bits per heavy atom. The number of carbonyl (C=O) groups is 2. The summed E-state index contributed by atoms with van der Waals surface area (Å²) >= 11 is 0. The van der Waals surface area contributed by atoms with Gasteiger partial charge in [-0.25, -0.2) is 0 Å². The molecule has 1 heterocycles. The topological polar surface area (TPSA) is 75.4 Å². The normalized spacial score (nSPS) is 21.7. The summed E-state index contributed by atoms with van der Waals surface area (Å²) in [5, 5.41) is 2.32. The molecule has 2 amide bonds. The first kappa shape index (κ1) is 12.6. The maximum absolute atomic E-state index is 11.6. The lowest BCUT2D eigenvalue weighted by Gasteiger charge is -2.33. The number of amides is 2. The van der Waals surface area contributed by atoms with E-state index in [0.717, 1.165) is 11.3 Å². The second-order valence-electron chi connectivity index (χ2n) is 4.60. The highest BCUT2D eigenvalue weighted by atomic mass is 16.2. The largest absolute Gasteiger partial charge is 0.350 e. The average Bonchev–Trinajstić information content (AvgIpc) is 2.34. The molecule has 0 aliphatic carbocycles. The molecule has 0 spiro atoms. The fraction of sp³-hybridized carbons (Fsp3) is 0.385. The van der Waals surface area contributed by atoms with Crippen LogP contribution in [0.5, 0.6) is 0 Å². The lowest BCUT2D eigenvalue weighted by Crippen LogP contribution is -2.57. The zero-order chi connectivity index (χ0) is 13.3. The lowest BCUT2D eigenvalue weighted by molar-refractivity contribution is -0.132. The van der Waals surface area contributed by atoms with Gasteiger partial charge in [-0.15, -0.1) is 0 Å². The number of carbonyl (C=O) groups excluding carboxylic acids is 2. The van der Waals surface area contributed by atoms with Crippen molar-refractivity contribution in [1.82, 2.24) is 5.32 Å². The van der Waals surface area contributed by atoms with Crippen LogP contribution in [0, 0.1) is 0 Å². The van der Waals surface area contributed by atoms with E-state index in [-0.39, 0.29) is 30.4 Å². The molecule has 2 atom stereocenters. The van der Waals surface area contributed by atoms with E-state index in [1.54, 1.807) is 11.8 Å². The molecular weight excluding hydrogens is 230 g/mol. The van der Waals surface area contributed by atoms with Crippen molar-refractivity contribution in [2.24, 2.45) is 5.73 Å². The van der Waals surface area contributed by atoms with Crippen molar-refractivity contribution in [3.8, 4) is 0 Å². The van der Waals surface area contributed by atoms with Gasteiger partial charge in [-0.3, -0.25) is 14.9 Å². The Labute approximate surface area is 106 Å². The van der Waals surface area contributed by atoms with Gasteiger partial charge in [0.2, 0.25) is 11.8 Å². The molecule has 5 nitrogen and oxygen atoms in total. The van der Waals surface area contributed by atoms with Crippen LogP contribution in [0.3, 0.4) is 0 Å². The lowest BCUT2D eigenvalue weighted by atomic mass is 10.1. The molecule has 0 radical (unpaired) electrons. The van der Waals surface area contributed by atoms with Gasteiger partial charge >= 0.3 is 0 Å². The Balaban J connectivity index is 2.24. The van der Waals surface area contributed by atoms with E-state index in [9.17, 15) is 9.59 Å². The van der Waals surface area contributed by atoms with Gasteiger partial charge in [0, 0.05) is 11.7 Å². The molecule has 1 aromatic rings. The minimum atomic E-state index is -0.344.